The molecular weight excluding hydrogens is 518 g/mol. The predicted octanol–water partition coefficient (Wildman–Crippen LogP) is 5.80. The molecule has 1 amide bonds. The van der Waals surface area contributed by atoms with E-state index in [1.165, 1.54) is 18.2 Å². The van der Waals surface area contributed by atoms with Crippen molar-refractivity contribution < 1.29 is 18.3 Å². The van der Waals surface area contributed by atoms with Gasteiger partial charge in [-0.25, -0.2) is 8.78 Å². The minimum absolute atomic E-state index is 0.0353. The van der Waals surface area contributed by atoms with Crippen molar-refractivity contribution >= 4 is 18.5 Å². The van der Waals surface area contributed by atoms with Crippen molar-refractivity contribution in [2.24, 2.45) is 28.5 Å². The molecule has 1 saturated heterocycles. The molecule has 1 saturated carbocycles. The van der Waals surface area contributed by atoms with Gasteiger partial charge < -0.3 is 26.8 Å². The van der Waals surface area contributed by atoms with Gasteiger partial charge >= 0.3 is 0 Å². The molecular formula is C30H50F2N4O2S. The average Bonchev–Trinajstić information content (AvgIpc) is 3.37. The lowest BCUT2D eigenvalue weighted by Crippen LogP contribution is -2.59. The van der Waals surface area contributed by atoms with Gasteiger partial charge in [-0.05, 0) is 49.1 Å². The van der Waals surface area contributed by atoms with E-state index in [9.17, 15) is 13.6 Å². The van der Waals surface area contributed by atoms with Gasteiger partial charge in [-0.3, -0.25) is 4.79 Å². The van der Waals surface area contributed by atoms with E-state index in [0.29, 0.717) is 25.1 Å². The molecule has 2 aromatic rings. The molecule has 4 atom stereocenters. The number of halogens is 2. The van der Waals surface area contributed by atoms with Crippen molar-refractivity contribution in [2.45, 2.75) is 79.3 Å². The van der Waals surface area contributed by atoms with Gasteiger partial charge in [0.15, 0.2) is 0 Å². The highest BCUT2D eigenvalue weighted by Crippen LogP contribution is 2.52. The summed E-state index contributed by atoms with van der Waals surface area (Å²) in [5, 5.41) is 0. The summed E-state index contributed by atoms with van der Waals surface area (Å²) in [6.45, 7) is 15.1. The van der Waals surface area contributed by atoms with Crippen LogP contribution in [0, 0.1) is 23.0 Å². The summed E-state index contributed by atoms with van der Waals surface area (Å²) < 4.78 is 32.0. The third kappa shape index (κ3) is 10.8. The maximum atomic E-state index is 13.3. The van der Waals surface area contributed by atoms with E-state index in [-0.39, 0.29) is 22.8 Å². The monoisotopic (exact) mass is 568 g/mol. The summed E-state index contributed by atoms with van der Waals surface area (Å²) in [5.74, 6) is -0.724. The Morgan fingerprint density at radius 3 is 1.92 bits per heavy atom. The number of hydrogen-bond donors (Lipinski definition) is 4. The number of carbonyl (C=O) groups is 1. The molecule has 3 unspecified atom stereocenters. The van der Waals surface area contributed by atoms with Gasteiger partial charge in [-0.2, -0.15) is 12.6 Å². The second-order valence-electron chi connectivity index (χ2n) is 9.71. The van der Waals surface area contributed by atoms with E-state index in [2.05, 4.69) is 26.5 Å². The number of hydrogen-bond acceptors (Lipinski definition) is 6. The molecule has 1 aliphatic carbocycles. The minimum Gasteiger partial charge on any atom is -0.344 e. The van der Waals surface area contributed by atoms with Crippen LogP contribution in [0.5, 0.6) is 0 Å². The maximum absolute atomic E-state index is 13.3. The molecule has 9 heteroatoms. The lowest BCUT2D eigenvalue weighted by atomic mass is 9.98. The van der Waals surface area contributed by atoms with Crippen LogP contribution < -0.4 is 17.2 Å². The second kappa shape index (κ2) is 17.6. The van der Waals surface area contributed by atoms with Crippen LogP contribution in [0.4, 0.5) is 8.78 Å². The Kier molecular flexibility index (Phi) is 16.7. The number of ether oxygens (including phenoxy) is 1. The van der Waals surface area contributed by atoms with E-state index in [1.54, 1.807) is 37.4 Å². The average molecular weight is 569 g/mol. The second-order valence-corrected chi connectivity index (χ2v) is 9.71. The van der Waals surface area contributed by atoms with Crippen LogP contribution in [0.1, 0.15) is 61.3 Å². The summed E-state index contributed by atoms with van der Waals surface area (Å²) in [6.07, 6.45) is 2.21. The Morgan fingerprint density at radius 2 is 1.49 bits per heavy atom. The number of rotatable bonds is 5. The predicted molar refractivity (Wildman–Crippen MR) is 162 cm³/mol. The van der Waals surface area contributed by atoms with Crippen LogP contribution in [-0.2, 0) is 9.53 Å². The fraction of sp³-hybridized carbons (Fsp3) is 0.567. The molecule has 0 aromatic heterocycles. The highest BCUT2D eigenvalue weighted by molar-refractivity contribution is 7.79. The van der Waals surface area contributed by atoms with Crippen LogP contribution in [0.3, 0.4) is 0 Å². The number of benzene rings is 2. The highest BCUT2D eigenvalue weighted by atomic mass is 32.1. The minimum atomic E-state index is -0.692. The number of nitrogens with two attached hydrogens (primary N) is 3. The molecule has 1 aliphatic heterocycles. The van der Waals surface area contributed by atoms with Crippen molar-refractivity contribution in [3.8, 4) is 11.1 Å². The summed E-state index contributed by atoms with van der Waals surface area (Å²) >= 11 is 3.53. The van der Waals surface area contributed by atoms with E-state index >= 15 is 0 Å². The van der Waals surface area contributed by atoms with Gasteiger partial charge in [-0.1, -0.05) is 77.9 Å². The van der Waals surface area contributed by atoms with Crippen LogP contribution in [0.25, 0.3) is 11.1 Å². The van der Waals surface area contributed by atoms with Gasteiger partial charge in [0.25, 0.3) is 0 Å². The van der Waals surface area contributed by atoms with Gasteiger partial charge in [0.2, 0.25) is 5.91 Å². The zero-order valence-corrected chi connectivity index (χ0v) is 25.8. The molecule has 0 radical (unpaired) electrons. The Morgan fingerprint density at radius 1 is 1.00 bits per heavy atom. The van der Waals surface area contributed by atoms with Gasteiger partial charge in [-0.15, -0.1) is 0 Å². The van der Waals surface area contributed by atoms with Crippen LogP contribution in [0.2, 0.25) is 0 Å². The molecule has 6 nitrogen and oxygen atoms in total. The van der Waals surface area contributed by atoms with E-state index in [4.69, 9.17) is 21.9 Å². The van der Waals surface area contributed by atoms with Crippen LogP contribution in [-0.4, -0.2) is 48.1 Å². The van der Waals surface area contributed by atoms with Gasteiger partial charge in [0.1, 0.15) is 24.1 Å². The zero-order chi connectivity index (χ0) is 30.4. The molecule has 4 rings (SSSR count). The standard InChI is InChI=1S/C13H26N4O2.C12H8F2.2C2H6.CH4S/c1-8(14)19-11(15)13(16)4-5-17(7-13)10(18)9-6-12(9,2)3;13-10-7-4-8-11(14)12(10)9-5-2-1-3-6-9;3*1-2/h8-9,11H,4-7,14-16H2,1-3H3;1-8H;2*1-2H3;2H,1H3/t8?,9-,11?,13?;;;;/m0..../s1. The highest BCUT2D eigenvalue weighted by Gasteiger charge is 2.54. The molecule has 39 heavy (non-hydrogen) atoms. The van der Waals surface area contributed by atoms with Crippen molar-refractivity contribution in [1.29, 1.82) is 0 Å². The fourth-order valence-electron chi connectivity index (χ4n) is 4.13. The maximum Gasteiger partial charge on any atom is 0.226 e. The SMILES string of the molecule is CC.CC.CC(N)OC(N)C1(N)CCN(C(=O)[C@@H]2CC2(C)C)C1.CS.Fc1cccc(F)c1-c1ccccc1. The molecule has 2 aromatic carbocycles. The fourth-order valence-corrected chi connectivity index (χ4v) is 4.13. The quantitative estimate of drug-likeness (QED) is 0.269. The normalized spacial score (nSPS) is 21.7. The van der Waals surface area contributed by atoms with Crippen molar-refractivity contribution in [3.05, 3.63) is 60.2 Å². The molecule has 2 fully saturated rings. The third-order valence-corrected chi connectivity index (χ3v) is 6.41. The van der Waals surface area contributed by atoms with Crippen molar-refractivity contribution in [3.63, 3.8) is 0 Å². The van der Waals surface area contributed by atoms with E-state index < -0.39 is 29.6 Å². The first-order valence-corrected chi connectivity index (χ1v) is 14.5. The van der Waals surface area contributed by atoms with Gasteiger partial charge in [0, 0.05) is 19.0 Å². The van der Waals surface area contributed by atoms with Crippen LogP contribution in [0.15, 0.2) is 48.5 Å². The van der Waals surface area contributed by atoms with Gasteiger partial charge in [0.05, 0.1) is 11.1 Å². The Balaban J connectivity index is 0.000000639. The summed E-state index contributed by atoms with van der Waals surface area (Å²) in [6, 6.07) is 12.5. The van der Waals surface area contributed by atoms with E-state index in [1.807, 2.05) is 38.7 Å². The number of nitrogens with zero attached hydrogens (tertiary/aromatic N) is 1. The Bertz CT molecular complexity index is 958. The van der Waals surface area contributed by atoms with Crippen molar-refractivity contribution in [1.82, 2.24) is 4.90 Å². The molecule has 222 valence electrons. The lowest BCUT2D eigenvalue weighted by Gasteiger charge is -2.32. The van der Waals surface area contributed by atoms with Crippen LogP contribution >= 0.6 is 12.6 Å². The first kappa shape index (κ1) is 37.0. The molecule has 0 spiro atoms. The molecule has 2 aliphatic rings. The Hall–Kier alpha value is -2.04. The largest absolute Gasteiger partial charge is 0.344 e. The lowest BCUT2D eigenvalue weighted by molar-refractivity contribution is -0.132. The zero-order valence-electron chi connectivity index (χ0n) is 24.9. The Labute approximate surface area is 240 Å². The summed E-state index contributed by atoms with van der Waals surface area (Å²) in [5.41, 5.74) is 17.8. The molecule has 1 heterocycles. The van der Waals surface area contributed by atoms with E-state index in [0.717, 1.165) is 6.42 Å². The van der Waals surface area contributed by atoms with Crippen molar-refractivity contribution in [2.75, 3.05) is 19.3 Å². The first-order chi connectivity index (χ1) is 18.4. The topological polar surface area (TPSA) is 108 Å². The molecule has 0 bridgehead atoms. The smallest absolute Gasteiger partial charge is 0.226 e. The molecule has 6 N–H and O–H groups in total. The summed E-state index contributed by atoms with van der Waals surface area (Å²) in [4.78, 5) is 14.1. The number of thiol groups is 1. The number of carbonyl (C=O) groups excluding carboxylic acids is 1. The first-order valence-electron chi connectivity index (χ1n) is 13.6. The number of likely N-dealkylation sites (tertiary alicyclic amines) is 1. The summed E-state index contributed by atoms with van der Waals surface area (Å²) in [7, 11) is 0. The third-order valence-electron chi connectivity index (χ3n) is 6.41. The number of amides is 1.